The summed E-state index contributed by atoms with van der Waals surface area (Å²) in [5.41, 5.74) is 1.14. The number of carbonyl (C=O) groups excluding carboxylic acids is 1. The van der Waals surface area contributed by atoms with Gasteiger partial charge in [0.1, 0.15) is 5.75 Å². The van der Waals surface area contributed by atoms with E-state index in [-0.39, 0.29) is 49.8 Å². The van der Waals surface area contributed by atoms with Crippen molar-refractivity contribution in [2.75, 3.05) is 66.4 Å². The SMILES string of the molecule is COc1ccc(S(=O)(=O)N(CCO)CCO[C@H]2C[C@@H](C3CCC3)C=C(C(=O)N3CCN(Cc4ccc5c(c4)OCO5)CC3)O2)cc1. The predicted molar refractivity (Wildman–Crippen MR) is 168 cm³/mol. The number of piperazine rings is 1. The van der Waals surface area contributed by atoms with Crippen LogP contribution < -0.4 is 14.2 Å². The number of nitrogens with zero attached hydrogens (tertiary/aromatic N) is 3. The second kappa shape index (κ2) is 14.6. The Kier molecular flexibility index (Phi) is 10.3. The molecule has 2 aromatic carbocycles. The van der Waals surface area contributed by atoms with Crippen LogP contribution in [-0.4, -0.2) is 106 Å². The molecular weight excluding hydrogens is 614 g/mol. The smallest absolute Gasteiger partial charge is 0.288 e. The highest BCUT2D eigenvalue weighted by Crippen LogP contribution is 2.40. The quantitative estimate of drug-likeness (QED) is 0.344. The summed E-state index contributed by atoms with van der Waals surface area (Å²) >= 11 is 0. The standard InChI is InChI=1S/C33H43N3O9S/c1-41-27-6-8-28(9-7-27)46(39,40)36(15-17-37)16-18-42-32-21-26(25-3-2-4-25)20-31(45-32)33(38)35-13-11-34(12-14-35)22-24-5-10-29-30(19-24)44-23-43-29/h5-10,19-20,25-26,32,37H,2-4,11-18,21-23H2,1H3/t26-,32+/m0/s1. The average Bonchev–Trinajstić information content (AvgIpc) is 3.52. The Balaban J connectivity index is 1.04. The fourth-order valence-corrected chi connectivity index (χ4v) is 7.76. The van der Waals surface area contributed by atoms with E-state index in [2.05, 4.69) is 4.90 Å². The Hall–Kier alpha value is -3.36. The van der Waals surface area contributed by atoms with Crippen LogP contribution in [-0.2, 0) is 30.8 Å². The third-order valence-electron chi connectivity index (χ3n) is 9.25. The summed E-state index contributed by atoms with van der Waals surface area (Å²) in [5, 5.41) is 9.60. The molecule has 0 unspecified atom stereocenters. The van der Waals surface area contributed by atoms with Gasteiger partial charge in [-0.1, -0.05) is 12.5 Å². The highest BCUT2D eigenvalue weighted by atomic mass is 32.2. The van der Waals surface area contributed by atoms with Crippen LogP contribution in [0, 0.1) is 11.8 Å². The third kappa shape index (κ3) is 7.44. The lowest BCUT2D eigenvalue weighted by molar-refractivity contribution is -0.158. The van der Waals surface area contributed by atoms with E-state index in [1.54, 1.807) is 12.1 Å². The van der Waals surface area contributed by atoms with Gasteiger partial charge < -0.3 is 33.7 Å². The average molecular weight is 658 g/mol. The van der Waals surface area contributed by atoms with Gasteiger partial charge in [-0.25, -0.2) is 8.42 Å². The zero-order chi connectivity index (χ0) is 32.1. The molecule has 1 saturated carbocycles. The first kappa shape index (κ1) is 32.6. The molecule has 1 N–H and O–H groups in total. The number of hydrogen-bond donors (Lipinski definition) is 1. The molecule has 0 aromatic heterocycles. The van der Waals surface area contributed by atoms with E-state index in [1.165, 1.54) is 30.0 Å². The number of aliphatic hydroxyl groups is 1. The first-order chi connectivity index (χ1) is 22.3. The number of allylic oxidation sites excluding steroid dienone is 1. The molecule has 0 spiro atoms. The maximum atomic E-state index is 13.7. The van der Waals surface area contributed by atoms with E-state index in [1.807, 2.05) is 29.2 Å². The molecule has 2 aromatic rings. The largest absolute Gasteiger partial charge is 0.497 e. The molecule has 2 atom stereocenters. The van der Waals surface area contributed by atoms with Gasteiger partial charge in [0.25, 0.3) is 5.91 Å². The number of benzene rings is 2. The van der Waals surface area contributed by atoms with E-state index < -0.39 is 16.3 Å². The number of aliphatic hydroxyl groups excluding tert-OH is 1. The Morgan fingerprint density at radius 1 is 1.02 bits per heavy atom. The summed E-state index contributed by atoms with van der Waals surface area (Å²) in [4.78, 5) is 17.9. The number of hydrogen-bond acceptors (Lipinski definition) is 10. The van der Waals surface area contributed by atoms with Gasteiger partial charge in [0.15, 0.2) is 17.3 Å². The summed E-state index contributed by atoms with van der Waals surface area (Å²) in [7, 11) is -2.35. The van der Waals surface area contributed by atoms with Crippen molar-refractivity contribution in [1.82, 2.24) is 14.1 Å². The van der Waals surface area contributed by atoms with Crippen LogP contribution in [0.25, 0.3) is 0 Å². The van der Waals surface area contributed by atoms with Crippen LogP contribution in [0.2, 0.25) is 0 Å². The summed E-state index contributed by atoms with van der Waals surface area (Å²) < 4.78 is 56.1. The Morgan fingerprint density at radius 3 is 2.48 bits per heavy atom. The van der Waals surface area contributed by atoms with Crippen molar-refractivity contribution in [2.24, 2.45) is 11.8 Å². The van der Waals surface area contributed by atoms with E-state index in [4.69, 9.17) is 23.7 Å². The van der Waals surface area contributed by atoms with Gasteiger partial charge in [-0.2, -0.15) is 4.31 Å². The summed E-state index contributed by atoms with van der Waals surface area (Å²) in [6, 6.07) is 12.1. The molecule has 1 aliphatic carbocycles. The van der Waals surface area contributed by atoms with Crippen molar-refractivity contribution in [1.29, 1.82) is 0 Å². The maximum absolute atomic E-state index is 13.7. The minimum absolute atomic E-state index is 0.0290. The van der Waals surface area contributed by atoms with E-state index in [9.17, 15) is 18.3 Å². The molecule has 3 heterocycles. The number of rotatable bonds is 13. The second-order valence-corrected chi connectivity index (χ2v) is 14.0. The molecule has 46 heavy (non-hydrogen) atoms. The van der Waals surface area contributed by atoms with Gasteiger partial charge in [-0.15, -0.1) is 0 Å². The molecular formula is C33H43N3O9S. The molecule has 0 bridgehead atoms. The molecule has 0 radical (unpaired) electrons. The van der Waals surface area contributed by atoms with Gasteiger partial charge in [0, 0.05) is 52.2 Å². The molecule has 250 valence electrons. The van der Waals surface area contributed by atoms with Crippen LogP contribution in [0.1, 0.15) is 31.2 Å². The van der Waals surface area contributed by atoms with Crippen LogP contribution in [0.15, 0.2) is 59.2 Å². The summed E-state index contributed by atoms with van der Waals surface area (Å²) in [6.45, 7) is 3.34. The zero-order valence-corrected chi connectivity index (χ0v) is 27.0. The highest BCUT2D eigenvalue weighted by molar-refractivity contribution is 7.89. The van der Waals surface area contributed by atoms with E-state index in [0.29, 0.717) is 36.9 Å². The minimum atomic E-state index is -3.87. The normalized spacial score (nSPS) is 21.9. The van der Waals surface area contributed by atoms with Gasteiger partial charge in [-0.05, 0) is 72.7 Å². The molecule has 1 saturated heterocycles. The van der Waals surface area contributed by atoms with Gasteiger partial charge >= 0.3 is 0 Å². The maximum Gasteiger partial charge on any atom is 0.288 e. The lowest BCUT2D eigenvalue weighted by atomic mass is 9.73. The number of ether oxygens (including phenoxy) is 5. The van der Waals surface area contributed by atoms with Crippen LogP contribution in [0.4, 0.5) is 0 Å². The topological polar surface area (TPSA) is 127 Å². The van der Waals surface area contributed by atoms with Crippen LogP contribution in [0.5, 0.6) is 17.2 Å². The summed E-state index contributed by atoms with van der Waals surface area (Å²) in [5.74, 6) is 2.91. The predicted octanol–water partition coefficient (Wildman–Crippen LogP) is 2.81. The zero-order valence-electron chi connectivity index (χ0n) is 26.2. The van der Waals surface area contributed by atoms with Crippen molar-refractivity contribution >= 4 is 15.9 Å². The van der Waals surface area contributed by atoms with Crippen LogP contribution >= 0.6 is 0 Å². The third-order valence-corrected chi connectivity index (χ3v) is 11.2. The number of fused-ring (bicyclic) bond motifs is 1. The van der Waals surface area contributed by atoms with Crippen molar-refractivity contribution in [3.8, 4) is 17.2 Å². The second-order valence-electron chi connectivity index (χ2n) is 12.1. The fraction of sp³-hybridized carbons (Fsp3) is 0.545. The number of carbonyl (C=O) groups is 1. The van der Waals surface area contributed by atoms with E-state index >= 15 is 0 Å². The number of sulfonamides is 1. The molecule has 3 aliphatic heterocycles. The Morgan fingerprint density at radius 2 is 1.78 bits per heavy atom. The molecule has 4 aliphatic rings. The number of amides is 1. The van der Waals surface area contributed by atoms with Crippen molar-refractivity contribution < 1.29 is 42.0 Å². The van der Waals surface area contributed by atoms with Crippen molar-refractivity contribution in [2.45, 2.75) is 43.4 Å². The number of methoxy groups -OCH3 is 1. The molecule has 12 nitrogen and oxygen atoms in total. The lowest BCUT2D eigenvalue weighted by Gasteiger charge is -2.39. The van der Waals surface area contributed by atoms with Crippen LogP contribution in [0.3, 0.4) is 0 Å². The first-order valence-corrected chi connectivity index (χ1v) is 17.4. The Labute approximate surface area is 270 Å². The minimum Gasteiger partial charge on any atom is -0.497 e. The van der Waals surface area contributed by atoms with E-state index in [0.717, 1.165) is 49.5 Å². The monoisotopic (exact) mass is 657 g/mol. The Bertz CT molecular complexity index is 1490. The van der Waals surface area contributed by atoms with Gasteiger partial charge in [0.2, 0.25) is 23.1 Å². The lowest BCUT2D eigenvalue weighted by Crippen LogP contribution is -2.49. The van der Waals surface area contributed by atoms with Crippen molar-refractivity contribution in [3.63, 3.8) is 0 Å². The summed E-state index contributed by atoms with van der Waals surface area (Å²) in [6.07, 6.45) is 5.32. The van der Waals surface area contributed by atoms with Crippen molar-refractivity contribution in [3.05, 3.63) is 59.9 Å². The molecule has 13 heteroatoms. The molecule has 1 amide bonds. The van der Waals surface area contributed by atoms with Gasteiger partial charge in [0.05, 0.1) is 25.2 Å². The fourth-order valence-electron chi connectivity index (χ4n) is 6.34. The van der Waals surface area contributed by atoms with Gasteiger partial charge in [-0.3, -0.25) is 9.69 Å². The molecule has 2 fully saturated rings. The molecule has 6 rings (SSSR count). The first-order valence-electron chi connectivity index (χ1n) is 16.0. The highest BCUT2D eigenvalue weighted by Gasteiger charge is 2.37.